The fourth-order valence-electron chi connectivity index (χ4n) is 1.54. The first kappa shape index (κ1) is 15.7. The lowest BCUT2D eigenvalue weighted by atomic mass is 10.00. The average molecular weight is 282 g/mol. The van der Waals surface area contributed by atoms with Crippen LogP contribution >= 0.6 is 0 Å². The van der Waals surface area contributed by atoms with Gasteiger partial charge < -0.3 is 4.74 Å². The van der Waals surface area contributed by atoms with Crippen LogP contribution in [0.4, 0.5) is 8.78 Å². The topological polar surface area (TPSA) is 9.23 Å². The summed E-state index contributed by atoms with van der Waals surface area (Å²) in [6.07, 6.45) is 0. The summed E-state index contributed by atoms with van der Waals surface area (Å²) in [7, 11) is -1.44. The van der Waals surface area contributed by atoms with Gasteiger partial charge in [-0.25, -0.2) is 0 Å². The zero-order chi connectivity index (χ0) is 14.6. The Hall–Kier alpha value is -1.34. The molecule has 4 heteroatoms. The molecule has 0 aromatic heterocycles. The molecule has 104 valence electrons. The van der Waals surface area contributed by atoms with E-state index in [1.54, 1.807) is 12.1 Å². The highest BCUT2D eigenvalue weighted by Gasteiger charge is 2.13. The third-order valence-electron chi connectivity index (χ3n) is 2.43. The average Bonchev–Trinajstić information content (AvgIpc) is 2.25. The quantitative estimate of drug-likeness (QED) is 0.579. The molecule has 1 aromatic carbocycles. The maximum atomic E-state index is 12.3. The minimum Gasteiger partial charge on any atom is -0.435 e. The summed E-state index contributed by atoms with van der Waals surface area (Å²) in [6.45, 7) is 7.59. The molecule has 0 unspecified atom stereocenters. The Kier molecular flexibility index (Phi) is 5.13. The van der Waals surface area contributed by atoms with Crippen LogP contribution in [0.15, 0.2) is 18.2 Å². The zero-order valence-electron chi connectivity index (χ0n) is 12.1. The molecule has 0 saturated carbocycles. The van der Waals surface area contributed by atoms with Gasteiger partial charge in [-0.3, -0.25) is 0 Å². The molecular weight excluding hydrogens is 262 g/mol. The third kappa shape index (κ3) is 5.44. The van der Waals surface area contributed by atoms with E-state index >= 15 is 0 Å². The largest absolute Gasteiger partial charge is 0.435 e. The van der Waals surface area contributed by atoms with E-state index in [9.17, 15) is 8.78 Å². The summed E-state index contributed by atoms with van der Waals surface area (Å²) < 4.78 is 29.2. The second-order valence-electron chi connectivity index (χ2n) is 5.79. The second kappa shape index (κ2) is 6.20. The van der Waals surface area contributed by atoms with Crippen molar-refractivity contribution in [3.8, 4) is 17.2 Å². The minimum atomic E-state index is -2.79. The van der Waals surface area contributed by atoms with Crippen LogP contribution in [0, 0.1) is 11.5 Å². The summed E-state index contributed by atoms with van der Waals surface area (Å²) in [6, 6.07) is 5.15. The van der Waals surface area contributed by atoms with E-state index in [0.717, 1.165) is 11.1 Å². The van der Waals surface area contributed by atoms with Crippen LogP contribution in [-0.4, -0.2) is 14.7 Å². The summed E-state index contributed by atoms with van der Waals surface area (Å²) in [5, 5.41) is 0. The number of benzene rings is 1. The highest BCUT2D eigenvalue weighted by molar-refractivity contribution is 6.83. The molecule has 0 aliphatic carbocycles. The van der Waals surface area contributed by atoms with Crippen LogP contribution in [0.5, 0.6) is 5.75 Å². The van der Waals surface area contributed by atoms with Crippen LogP contribution in [0.1, 0.15) is 30.9 Å². The van der Waals surface area contributed by atoms with E-state index in [1.165, 1.54) is 0 Å². The lowest BCUT2D eigenvalue weighted by Crippen LogP contribution is -2.16. The number of halogens is 2. The summed E-state index contributed by atoms with van der Waals surface area (Å²) in [5.74, 6) is 3.48. The molecule has 19 heavy (non-hydrogen) atoms. The fourth-order valence-corrected chi connectivity index (χ4v) is 2.06. The van der Waals surface area contributed by atoms with Crippen LogP contribution < -0.4 is 4.74 Å². The smallest absolute Gasteiger partial charge is 0.387 e. The predicted molar refractivity (Wildman–Crippen MR) is 77.4 cm³/mol. The van der Waals surface area contributed by atoms with Crippen molar-refractivity contribution in [3.05, 3.63) is 29.3 Å². The Morgan fingerprint density at radius 1 is 1.16 bits per heavy atom. The van der Waals surface area contributed by atoms with Gasteiger partial charge in [0.2, 0.25) is 0 Å². The number of hydrogen-bond acceptors (Lipinski definition) is 1. The molecule has 0 aliphatic heterocycles. The number of ether oxygens (including phenoxy) is 1. The van der Waals surface area contributed by atoms with Crippen molar-refractivity contribution in [1.82, 2.24) is 0 Å². The first-order chi connectivity index (χ1) is 8.69. The molecule has 1 nitrogen and oxygen atoms in total. The van der Waals surface area contributed by atoms with Gasteiger partial charge in [0.1, 0.15) is 13.8 Å². The molecule has 0 aliphatic rings. The Morgan fingerprint density at radius 3 is 2.26 bits per heavy atom. The number of hydrogen-bond donors (Lipinski definition) is 0. The van der Waals surface area contributed by atoms with Gasteiger partial charge in [-0.2, -0.15) is 8.78 Å². The van der Waals surface area contributed by atoms with Crippen molar-refractivity contribution in [2.75, 3.05) is 0 Å². The van der Waals surface area contributed by atoms with Crippen molar-refractivity contribution < 1.29 is 13.5 Å². The van der Waals surface area contributed by atoms with Gasteiger partial charge in [-0.1, -0.05) is 39.4 Å². The van der Waals surface area contributed by atoms with Crippen molar-refractivity contribution in [1.29, 1.82) is 0 Å². The predicted octanol–water partition coefficient (Wildman–Crippen LogP) is 4.64. The number of alkyl halides is 2. The SMILES string of the molecule is CC(C)c1cc(C#C[Si](C)(C)C)ccc1OC(F)F. The molecule has 0 N–H and O–H groups in total. The van der Waals surface area contributed by atoms with Crippen molar-refractivity contribution in [2.45, 2.75) is 46.0 Å². The van der Waals surface area contributed by atoms with E-state index in [1.807, 2.05) is 19.9 Å². The molecule has 0 spiro atoms. The Bertz CT molecular complexity index is 493. The Labute approximate surface area is 115 Å². The first-order valence-corrected chi connectivity index (χ1v) is 9.81. The summed E-state index contributed by atoms with van der Waals surface area (Å²) in [5.41, 5.74) is 4.89. The van der Waals surface area contributed by atoms with E-state index in [4.69, 9.17) is 0 Å². The Balaban J connectivity index is 3.12. The third-order valence-corrected chi connectivity index (χ3v) is 3.30. The number of rotatable bonds is 3. The monoisotopic (exact) mass is 282 g/mol. The van der Waals surface area contributed by atoms with Gasteiger partial charge in [0.15, 0.2) is 0 Å². The van der Waals surface area contributed by atoms with Gasteiger partial charge in [-0.05, 0) is 29.7 Å². The molecule has 0 atom stereocenters. The van der Waals surface area contributed by atoms with E-state index in [-0.39, 0.29) is 11.7 Å². The van der Waals surface area contributed by atoms with Gasteiger partial charge in [0.25, 0.3) is 0 Å². The molecule has 0 saturated heterocycles. The van der Waals surface area contributed by atoms with Gasteiger partial charge >= 0.3 is 6.61 Å². The molecule has 0 heterocycles. The molecule has 0 amide bonds. The summed E-state index contributed by atoms with van der Waals surface area (Å²) >= 11 is 0. The fraction of sp³-hybridized carbons (Fsp3) is 0.467. The normalized spacial score (nSPS) is 11.4. The van der Waals surface area contributed by atoms with Crippen molar-refractivity contribution in [3.63, 3.8) is 0 Å². The van der Waals surface area contributed by atoms with Crippen molar-refractivity contribution >= 4 is 8.07 Å². The van der Waals surface area contributed by atoms with E-state index in [2.05, 4.69) is 35.8 Å². The second-order valence-corrected chi connectivity index (χ2v) is 10.5. The minimum absolute atomic E-state index is 0.113. The highest BCUT2D eigenvalue weighted by Crippen LogP contribution is 2.28. The van der Waals surface area contributed by atoms with Crippen LogP contribution in [-0.2, 0) is 0 Å². The van der Waals surface area contributed by atoms with Crippen LogP contribution in [0.2, 0.25) is 19.6 Å². The Morgan fingerprint density at radius 2 is 1.79 bits per heavy atom. The molecule has 1 aromatic rings. The molecule has 1 rings (SSSR count). The van der Waals surface area contributed by atoms with Crippen molar-refractivity contribution in [2.24, 2.45) is 0 Å². The van der Waals surface area contributed by atoms with E-state index in [0.29, 0.717) is 0 Å². The first-order valence-electron chi connectivity index (χ1n) is 6.31. The van der Waals surface area contributed by atoms with Crippen LogP contribution in [0.3, 0.4) is 0 Å². The van der Waals surface area contributed by atoms with Gasteiger partial charge in [-0.15, -0.1) is 5.54 Å². The van der Waals surface area contributed by atoms with Crippen LogP contribution in [0.25, 0.3) is 0 Å². The lowest BCUT2D eigenvalue weighted by molar-refractivity contribution is -0.0505. The molecular formula is C15H20F2OSi. The zero-order valence-corrected chi connectivity index (χ0v) is 13.1. The van der Waals surface area contributed by atoms with E-state index < -0.39 is 14.7 Å². The molecule has 0 fully saturated rings. The molecule has 0 radical (unpaired) electrons. The maximum absolute atomic E-state index is 12.3. The van der Waals surface area contributed by atoms with Gasteiger partial charge in [0.05, 0.1) is 0 Å². The maximum Gasteiger partial charge on any atom is 0.387 e. The molecule has 0 bridgehead atoms. The summed E-state index contributed by atoms with van der Waals surface area (Å²) in [4.78, 5) is 0. The lowest BCUT2D eigenvalue weighted by Gasteiger charge is -2.13. The standard InChI is InChI=1S/C15H20F2OSi/c1-11(2)13-10-12(8-9-19(3,4)5)6-7-14(13)18-15(16)17/h6-7,10-11,15H,1-5H3. The highest BCUT2D eigenvalue weighted by atomic mass is 28.3. The van der Waals surface area contributed by atoms with Gasteiger partial charge in [0, 0.05) is 5.56 Å².